The van der Waals surface area contributed by atoms with Crippen molar-refractivity contribution in [3.63, 3.8) is 0 Å². The number of unbranched alkanes of at least 4 members (excludes halogenated alkanes) is 10. The molecule has 0 N–H and O–H groups in total. The van der Waals surface area contributed by atoms with E-state index in [0.29, 0.717) is 0 Å². The molecule has 0 bridgehead atoms. The van der Waals surface area contributed by atoms with Crippen molar-refractivity contribution in [1.29, 1.82) is 0 Å². The quantitative estimate of drug-likeness (QED) is 0.231. The second-order valence-corrected chi connectivity index (χ2v) is 8.71. The Morgan fingerprint density at radius 1 is 0.581 bits per heavy atom. The Balaban J connectivity index is -0.000000461. The molecule has 0 aliphatic heterocycles. The molecule has 0 fully saturated rings. The molecule has 0 aromatic heterocycles. The van der Waals surface area contributed by atoms with Gasteiger partial charge in [-0.3, -0.25) is 0 Å². The first-order valence-electron chi connectivity index (χ1n) is 12.2. The molecule has 31 heavy (non-hydrogen) atoms. The normalized spacial score (nSPS) is 14.1. The Hall–Kier alpha value is 0.423. The molecule has 0 amide bonds. The zero-order chi connectivity index (χ0) is 20.5. The summed E-state index contributed by atoms with van der Waals surface area (Å²) in [5.41, 5.74) is 5.73. The monoisotopic (exact) mass is 542 g/mol. The first-order chi connectivity index (χ1) is 13.7. The van der Waals surface area contributed by atoms with E-state index in [-0.39, 0.29) is 51.0 Å². The van der Waals surface area contributed by atoms with E-state index in [1.807, 2.05) is 0 Å². The third kappa shape index (κ3) is 20.7. The van der Waals surface area contributed by atoms with Crippen LogP contribution in [0.15, 0.2) is 34.4 Å². The first-order valence-corrected chi connectivity index (χ1v) is 12.2. The van der Waals surface area contributed by atoms with Crippen LogP contribution in [0.2, 0.25) is 0 Å². The average Bonchev–Trinajstić information content (AvgIpc) is 3.29. The van der Waals surface area contributed by atoms with Crippen molar-refractivity contribution in [1.82, 2.24) is 0 Å². The molecule has 0 radical (unpaired) electrons. The van der Waals surface area contributed by atoms with Crippen molar-refractivity contribution in [3.8, 4) is 0 Å². The number of hydrogen-bond donors (Lipinski definition) is 0. The molecule has 0 unspecified atom stereocenters. The van der Waals surface area contributed by atoms with Gasteiger partial charge in [0.25, 0.3) is 0 Å². The van der Waals surface area contributed by atoms with Gasteiger partial charge in [0.2, 0.25) is 0 Å². The van der Waals surface area contributed by atoms with E-state index in [2.05, 4.69) is 52.0 Å². The molecule has 0 aromatic carbocycles. The van der Waals surface area contributed by atoms with Crippen molar-refractivity contribution in [2.24, 2.45) is 0 Å². The fourth-order valence-corrected chi connectivity index (χ4v) is 3.83. The summed E-state index contributed by atoms with van der Waals surface area (Å²) in [7, 11) is 0. The minimum absolute atomic E-state index is 0. The van der Waals surface area contributed by atoms with Crippen LogP contribution < -0.4 is 24.8 Å². The molecule has 0 atom stereocenters. The summed E-state index contributed by atoms with van der Waals surface area (Å²) in [5.74, 6) is 0. The fourth-order valence-electron chi connectivity index (χ4n) is 3.83. The molecule has 176 valence electrons. The van der Waals surface area contributed by atoms with Crippen LogP contribution >= 0.6 is 0 Å². The molecule has 0 saturated carbocycles. The van der Waals surface area contributed by atoms with Crippen molar-refractivity contribution >= 4 is 0 Å². The van der Waals surface area contributed by atoms with Crippen LogP contribution in [0.1, 0.15) is 130 Å². The Morgan fingerprint density at radius 3 is 1.19 bits per heavy atom. The molecule has 0 aromatic rings. The standard InChI is InChI=1S/2C14H23.2ClH.Zr/c2*1-3-4-5-6-7-8-9-14-11-10-13(2)12-14;;;/h2*11H,3-10H2,1-2H3;2*1H;/q2*-1;;;+4/p-2. The van der Waals surface area contributed by atoms with E-state index in [1.165, 1.54) is 112 Å². The Bertz CT molecular complexity index is 481. The second kappa shape index (κ2) is 25.1. The van der Waals surface area contributed by atoms with Gasteiger partial charge in [0, 0.05) is 0 Å². The number of hydrogen-bond acceptors (Lipinski definition) is 0. The minimum Gasteiger partial charge on any atom is -1.00 e. The van der Waals surface area contributed by atoms with Crippen LogP contribution in [0, 0.1) is 12.2 Å². The smallest absolute Gasteiger partial charge is 1.00 e. The number of halogens is 2. The van der Waals surface area contributed by atoms with E-state index in [9.17, 15) is 0 Å². The van der Waals surface area contributed by atoms with Crippen LogP contribution in [-0.2, 0) is 26.2 Å². The van der Waals surface area contributed by atoms with Crippen molar-refractivity contribution in [2.75, 3.05) is 0 Å². The maximum atomic E-state index is 3.43. The van der Waals surface area contributed by atoms with Crippen molar-refractivity contribution in [2.45, 2.75) is 130 Å². The summed E-state index contributed by atoms with van der Waals surface area (Å²) in [6.45, 7) is 8.88. The predicted octanol–water partition coefficient (Wildman–Crippen LogP) is 3.64. The van der Waals surface area contributed by atoms with Gasteiger partial charge in [-0.2, -0.15) is 11.1 Å². The number of rotatable bonds is 14. The van der Waals surface area contributed by atoms with Gasteiger partial charge >= 0.3 is 26.2 Å². The molecule has 0 spiro atoms. The minimum atomic E-state index is 0. The summed E-state index contributed by atoms with van der Waals surface area (Å²) in [6, 6.07) is 0. The maximum Gasteiger partial charge on any atom is 4.00 e. The molecule has 0 nitrogen and oxygen atoms in total. The van der Waals surface area contributed by atoms with E-state index < -0.39 is 0 Å². The second-order valence-electron chi connectivity index (χ2n) is 8.71. The van der Waals surface area contributed by atoms with Crippen molar-refractivity contribution in [3.05, 3.63) is 46.6 Å². The SMILES string of the molecule is CCCCCCCCC1=CCC(C)=[C-]1.CCCCCCCCC1=CCC(C)=[C-]1.[Cl-].[Cl-].[Zr+4]. The van der Waals surface area contributed by atoms with Gasteiger partial charge in [-0.05, 0) is 0 Å². The molecular formula is C28H46Cl2Zr. The van der Waals surface area contributed by atoms with Crippen LogP contribution in [0.25, 0.3) is 0 Å². The van der Waals surface area contributed by atoms with E-state index in [4.69, 9.17) is 0 Å². The van der Waals surface area contributed by atoms with Gasteiger partial charge in [0.15, 0.2) is 0 Å². The summed E-state index contributed by atoms with van der Waals surface area (Å²) in [6.07, 6.45) is 33.1. The van der Waals surface area contributed by atoms with Crippen LogP contribution in [0.3, 0.4) is 0 Å². The maximum absolute atomic E-state index is 3.43. The summed E-state index contributed by atoms with van der Waals surface area (Å²) in [4.78, 5) is 0. The molecule has 2 rings (SSSR count). The van der Waals surface area contributed by atoms with Gasteiger partial charge in [0.05, 0.1) is 0 Å². The van der Waals surface area contributed by atoms with Gasteiger partial charge in [-0.1, -0.05) is 130 Å². The topological polar surface area (TPSA) is 0 Å². The largest absolute Gasteiger partial charge is 4.00 e. The Morgan fingerprint density at radius 2 is 0.903 bits per heavy atom. The zero-order valence-electron chi connectivity index (χ0n) is 20.7. The van der Waals surface area contributed by atoms with E-state index in [1.54, 1.807) is 0 Å². The molecule has 0 saturated heterocycles. The third-order valence-electron chi connectivity index (χ3n) is 5.66. The predicted molar refractivity (Wildman–Crippen MR) is 126 cm³/mol. The van der Waals surface area contributed by atoms with Gasteiger partial charge < -0.3 is 24.8 Å². The summed E-state index contributed by atoms with van der Waals surface area (Å²) >= 11 is 0. The fraction of sp³-hybridized carbons (Fsp3) is 0.714. The van der Waals surface area contributed by atoms with E-state index in [0.717, 1.165) is 12.8 Å². The summed E-state index contributed by atoms with van der Waals surface area (Å²) in [5, 5.41) is 0. The van der Waals surface area contributed by atoms with Gasteiger partial charge in [0.1, 0.15) is 0 Å². The number of allylic oxidation sites excluding steroid dienone is 8. The van der Waals surface area contributed by atoms with E-state index >= 15 is 0 Å². The zero-order valence-corrected chi connectivity index (χ0v) is 24.7. The Labute approximate surface area is 226 Å². The van der Waals surface area contributed by atoms with Crippen molar-refractivity contribution < 1.29 is 51.0 Å². The Kier molecular flexibility index (Phi) is 29.1. The van der Waals surface area contributed by atoms with Gasteiger partial charge in [-0.15, -0.1) is 0 Å². The summed E-state index contributed by atoms with van der Waals surface area (Å²) < 4.78 is 0. The van der Waals surface area contributed by atoms with Crippen LogP contribution in [0.4, 0.5) is 0 Å². The molecule has 0 heterocycles. The molecule has 2 aliphatic carbocycles. The molecule has 2 aliphatic rings. The molecule has 3 heteroatoms. The average molecular weight is 545 g/mol. The van der Waals surface area contributed by atoms with Crippen LogP contribution in [-0.4, -0.2) is 0 Å². The van der Waals surface area contributed by atoms with Gasteiger partial charge in [-0.25, -0.2) is 35.5 Å². The third-order valence-corrected chi connectivity index (χ3v) is 5.66. The van der Waals surface area contributed by atoms with Crippen LogP contribution in [0.5, 0.6) is 0 Å². The molecular weight excluding hydrogens is 498 g/mol. The first kappa shape index (κ1) is 36.0.